The Hall–Kier alpha value is -3.54. The molecule has 3 aromatic rings. The largest absolute Gasteiger partial charge is 0.493 e. The van der Waals surface area contributed by atoms with Gasteiger partial charge in [-0.15, -0.1) is 5.11 Å². The van der Waals surface area contributed by atoms with Crippen molar-refractivity contribution in [2.24, 2.45) is 15.3 Å². The second-order valence-electron chi connectivity index (χ2n) is 5.59. The van der Waals surface area contributed by atoms with Crippen LogP contribution in [0, 0.1) is 0 Å². The Labute approximate surface area is 166 Å². The molecule has 0 bridgehead atoms. The molecule has 0 aliphatic rings. The number of rotatable bonds is 6. The molecular weight excluding hydrogens is 378 g/mol. The highest BCUT2D eigenvalue weighted by molar-refractivity contribution is 6.30. The van der Waals surface area contributed by atoms with Crippen molar-refractivity contribution < 1.29 is 9.47 Å². The van der Waals surface area contributed by atoms with E-state index in [0.717, 1.165) is 5.56 Å². The van der Waals surface area contributed by atoms with E-state index >= 15 is 0 Å². The Kier molecular flexibility index (Phi) is 6.11. The summed E-state index contributed by atoms with van der Waals surface area (Å²) < 4.78 is 11.0. The Morgan fingerprint density at radius 2 is 1.64 bits per heavy atom. The van der Waals surface area contributed by atoms with Crippen LogP contribution in [0.2, 0.25) is 5.02 Å². The molecule has 0 N–H and O–H groups in total. The van der Waals surface area contributed by atoms with Crippen molar-refractivity contribution in [3.63, 3.8) is 0 Å². The zero-order valence-electron chi connectivity index (χ0n) is 15.2. The fraction of sp³-hybridized carbons (Fsp3) is 0.100. The molecule has 0 amide bonds. The van der Waals surface area contributed by atoms with Crippen LogP contribution in [0.25, 0.3) is 21.6 Å². The zero-order chi connectivity index (χ0) is 19.9. The Morgan fingerprint density at radius 3 is 2.25 bits per heavy atom. The molecule has 28 heavy (non-hydrogen) atoms. The quantitative estimate of drug-likeness (QED) is 0.248. The van der Waals surface area contributed by atoms with Gasteiger partial charge >= 0.3 is 0 Å². The van der Waals surface area contributed by atoms with Crippen LogP contribution in [0.3, 0.4) is 0 Å². The second kappa shape index (κ2) is 8.90. The zero-order valence-corrected chi connectivity index (χ0v) is 16.0. The van der Waals surface area contributed by atoms with Gasteiger partial charge in [0.25, 0.3) is 0 Å². The third-order valence-electron chi connectivity index (χ3n) is 3.93. The molecule has 0 aromatic heterocycles. The Balaban J connectivity index is 2.27. The van der Waals surface area contributed by atoms with E-state index in [9.17, 15) is 0 Å². The van der Waals surface area contributed by atoms with Crippen molar-refractivity contribution in [2.45, 2.75) is 0 Å². The predicted molar refractivity (Wildman–Crippen MR) is 109 cm³/mol. The minimum atomic E-state index is 0.280. The van der Waals surface area contributed by atoms with Crippen molar-refractivity contribution in [3.05, 3.63) is 76.1 Å². The molecule has 0 saturated heterocycles. The van der Waals surface area contributed by atoms with E-state index in [2.05, 4.69) is 20.3 Å². The standard InChI is InChI=1S/C20H16ClN5O2/c1-27-17-12-16(24-23-15-6-4-3-5-7-15)19(25-26-22)18(20(17)28-2)13-8-10-14(21)11-9-13/h3-12H,1-2H3. The average Bonchev–Trinajstić information content (AvgIpc) is 2.73. The summed E-state index contributed by atoms with van der Waals surface area (Å²) in [4.78, 5) is 2.96. The van der Waals surface area contributed by atoms with Crippen LogP contribution in [0.15, 0.2) is 76.0 Å². The lowest BCUT2D eigenvalue weighted by Gasteiger charge is -2.17. The maximum absolute atomic E-state index is 9.13. The molecule has 0 spiro atoms. The molecule has 8 heteroatoms. The van der Waals surface area contributed by atoms with Crippen molar-refractivity contribution in [2.75, 3.05) is 14.2 Å². The number of benzene rings is 3. The summed E-state index contributed by atoms with van der Waals surface area (Å²) in [7, 11) is 3.04. The maximum Gasteiger partial charge on any atom is 0.169 e. The lowest BCUT2D eigenvalue weighted by molar-refractivity contribution is 0.356. The van der Waals surface area contributed by atoms with Gasteiger partial charge in [0.2, 0.25) is 0 Å². The van der Waals surface area contributed by atoms with Crippen LogP contribution in [-0.4, -0.2) is 14.2 Å². The van der Waals surface area contributed by atoms with E-state index < -0.39 is 0 Å². The summed E-state index contributed by atoms with van der Waals surface area (Å²) in [5, 5.41) is 12.9. The normalized spacial score (nSPS) is 10.5. The molecular formula is C20H16ClN5O2. The molecule has 0 aliphatic carbocycles. The van der Waals surface area contributed by atoms with Crippen LogP contribution < -0.4 is 9.47 Å². The number of halogens is 1. The summed E-state index contributed by atoms with van der Waals surface area (Å²) in [5.74, 6) is 0.859. The molecule has 0 aliphatic heterocycles. The smallest absolute Gasteiger partial charge is 0.169 e. The van der Waals surface area contributed by atoms with Crippen LogP contribution in [0.4, 0.5) is 17.1 Å². The third kappa shape index (κ3) is 4.06. The van der Waals surface area contributed by atoms with Gasteiger partial charge in [0, 0.05) is 21.6 Å². The van der Waals surface area contributed by atoms with Crippen molar-refractivity contribution >= 4 is 28.7 Å². The summed E-state index contributed by atoms with van der Waals surface area (Å²) in [5.41, 5.74) is 11.7. The molecule has 0 radical (unpaired) electrons. The fourth-order valence-electron chi connectivity index (χ4n) is 2.68. The van der Waals surface area contributed by atoms with E-state index in [0.29, 0.717) is 33.5 Å². The van der Waals surface area contributed by atoms with Gasteiger partial charge < -0.3 is 9.47 Å². The van der Waals surface area contributed by atoms with E-state index in [1.54, 1.807) is 30.3 Å². The van der Waals surface area contributed by atoms with Gasteiger partial charge in [0.1, 0.15) is 0 Å². The first kappa shape index (κ1) is 19.2. The Bertz CT molecular complexity index is 1050. The van der Waals surface area contributed by atoms with Gasteiger partial charge in [0.15, 0.2) is 11.5 Å². The van der Waals surface area contributed by atoms with Gasteiger partial charge in [-0.05, 0) is 35.4 Å². The highest BCUT2D eigenvalue weighted by Gasteiger charge is 2.20. The number of ether oxygens (including phenoxy) is 2. The highest BCUT2D eigenvalue weighted by atomic mass is 35.5. The highest BCUT2D eigenvalue weighted by Crippen LogP contribution is 2.50. The van der Waals surface area contributed by atoms with Crippen LogP contribution >= 0.6 is 11.6 Å². The molecule has 3 rings (SSSR count). The lowest BCUT2D eigenvalue weighted by Crippen LogP contribution is -1.94. The first-order chi connectivity index (χ1) is 13.7. The number of hydrogen-bond acceptors (Lipinski definition) is 5. The summed E-state index contributed by atoms with van der Waals surface area (Å²) in [6.45, 7) is 0. The van der Waals surface area contributed by atoms with E-state index in [1.165, 1.54) is 14.2 Å². The van der Waals surface area contributed by atoms with Gasteiger partial charge in [-0.25, -0.2) is 0 Å². The molecule has 0 heterocycles. The maximum atomic E-state index is 9.13. The first-order valence-corrected chi connectivity index (χ1v) is 8.62. The number of nitrogens with zero attached hydrogens (tertiary/aromatic N) is 5. The van der Waals surface area contributed by atoms with Gasteiger partial charge in [0.05, 0.1) is 31.3 Å². The third-order valence-corrected chi connectivity index (χ3v) is 4.18. The van der Waals surface area contributed by atoms with E-state index in [1.807, 2.05) is 30.3 Å². The molecule has 3 aromatic carbocycles. The van der Waals surface area contributed by atoms with Crippen LogP contribution in [-0.2, 0) is 0 Å². The number of azide groups is 1. The fourth-order valence-corrected chi connectivity index (χ4v) is 2.81. The van der Waals surface area contributed by atoms with E-state index in [-0.39, 0.29) is 5.69 Å². The summed E-state index contributed by atoms with van der Waals surface area (Å²) in [6.07, 6.45) is 0. The van der Waals surface area contributed by atoms with Gasteiger partial charge in [-0.2, -0.15) is 5.11 Å². The Morgan fingerprint density at radius 1 is 0.929 bits per heavy atom. The van der Waals surface area contributed by atoms with Crippen LogP contribution in [0.5, 0.6) is 11.5 Å². The molecule has 140 valence electrons. The summed E-state index contributed by atoms with van der Waals surface area (Å²) >= 11 is 6.01. The van der Waals surface area contributed by atoms with Gasteiger partial charge in [-0.3, -0.25) is 0 Å². The predicted octanol–water partition coefficient (Wildman–Crippen LogP) is 7.38. The number of hydrogen-bond donors (Lipinski definition) is 0. The van der Waals surface area contributed by atoms with Crippen molar-refractivity contribution in [1.29, 1.82) is 0 Å². The van der Waals surface area contributed by atoms with Gasteiger partial charge in [-0.1, -0.05) is 47.0 Å². The average molecular weight is 394 g/mol. The number of azo groups is 1. The van der Waals surface area contributed by atoms with E-state index in [4.69, 9.17) is 26.6 Å². The molecule has 0 atom stereocenters. The van der Waals surface area contributed by atoms with Crippen molar-refractivity contribution in [1.82, 2.24) is 0 Å². The lowest BCUT2D eigenvalue weighted by atomic mass is 10.0. The number of methoxy groups -OCH3 is 2. The SMILES string of the molecule is COc1cc(N=Nc2ccccc2)c(N=[N+]=[N-])c(-c2ccc(Cl)cc2)c1OC. The molecule has 0 fully saturated rings. The molecule has 7 nitrogen and oxygen atoms in total. The van der Waals surface area contributed by atoms with Crippen LogP contribution in [0.1, 0.15) is 0 Å². The topological polar surface area (TPSA) is 91.9 Å². The second-order valence-corrected chi connectivity index (χ2v) is 6.02. The minimum absolute atomic E-state index is 0.280. The molecule has 0 unspecified atom stereocenters. The molecule has 0 saturated carbocycles. The first-order valence-electron chi connectivity index (χ1n) is 8.24. The minimum Gasteiger partial charge on any atom is -0.493 e. The van der Waals surface area contributed by atoms with Crippen molar-refractivity contribution in [3.8, 4) is 22.6 Å². The monoisotopic (exact) mass is 393 g/mol. The summed E-state index contributed by atoms with van der Waals surface area (Å²) in [6, 6.07) is 17.9.